The van der Waals surface area contributed by atoms with E-state index < -0.39 is 17.7 Å². The van der Waals surface area contributed by atoms with Crippen molar-refractivity contribution in [3.63, 3.8) is 0 Å². The molecule has 2 aromatic carbocycles. The van der Waals surface area contributed by atoms with Gasteiger partial charge < -0.3 is 13.9 Å². The Morgan fingerprint density at radius 2 is 1.88 bits per heavy atom. The second-order valence-corrected chi connectivity index (χ2v) is 5.94. The van der Waals surface area contributed by atoms with Gasteiger partial charge in [-0.2, -0.15) is 0 Å². The van der Waals surface area contributed by atoms with Gasteiger partial charge in [-0.1, -0.05) is 37.3 Å². The van der Waals surface area contributed by atoms with E-state index in [-0.39, 0.29) is 0 Å². The maximum absolute atomic E-state index is 12.2. The quantitative estimate of drug-likeness (QED) is 0.514. The van der Waals surface area contributed by atoms with Crippen LogP contribution in [-0.4, -0.2) is 13.1 Å². The monoisotopic (exact) mass is 352 g/mol. The molecule has 0 N–H and O–H groups in total. The molecule has 134 valence electrons. The Balaban J connectivity index is 2.08. The van der Waals surface area contributed by atoms with Crippen LogP contribution in [0.3, 0.4) is 0 Å². The maximum Gasteiger partial charge on any atom is 0.351 e. The van der Waals surface area contributed by atoms with E-state index in [1.807, 2.05) is 31.2 Å². The zero-order chi connectivity index (χ0) is 18.7. The Hall–Kier alpha value is -3.08. The summed E-state index contributed by atoms with van der Waals surface area (Å²) in [6, 6.07) is 14.3. The van der Waals surface area contributed by atoms with E-state index in [2.05, 4.69) is 0 Å². The summed E-state index contributed by atoms with van der Waals surface area (Å²) < 4.78 is 16.3. The third-order valence-corrected chi connectivity index (χ3v) is 4.34. The lowest BCUT2D eigenvalue weighted by Crippen LogP contribution is -2.20. The molecule has 1 atom stereocenters. The van der Waals surface area contributed by atoms with Crippen molar-refractivity contribution < 1.29 is 18.7 Å². The summed E-state index contributed by atoms with van der Waals surface area (Å²) in [4.78, 5) is 24.1. The molecule has 0 bridgehead atoms. The highest BCUT2D eigenvalue weighted by Gasteiger charge is 2.25. The van der Waals surface area contributed by atoms with E-state index >= 15 is 0 Å². The fourth-order valence-corrected chi connectivity index (χ4v) is 2.94. The summed E-state index contributed by atoms with van der Waals surface area (Å²) >= 11 is 0. The first-order valence-corrected chi connectivity index (χ1v) is 8.41. The van der Waals surface area contributed by atoms with Gasteiger partial charge in [-0.15, -0.1) is 0 Å². The fraction of sp³-hybridized carbons (Fsp3) is 0.238. The lowest BCUT2D eigenvalue weighted by molar-refractivity contribution is -0.149. The molecule has 0 saturated carbocycles. The van der Waals surface area contributed by atoms with Crippen molar-refractivity contribution in [3.8, 4) is 5.75 Å². The van der Waals surface area contributed by atoms with Gasteiger partial charge in [0.25, 0.3) is 0 Å². The minimum atomic E-state index is -0.904. The second-order valence-electron chi connectivity index (χ2n) is 5.94. The van der Waals surface area contributed by atoms with Gasteiger partial charge in [-0.25, -0.2) is 9.59 Å². The summed E-state index contributed by atoms with van der Waals surface area (Å²) in [6.07, 6.45) is -0.185. The Morgan fingerprint density at radius 3 is 2.54 bits per heavy atom. The number of hydrogen-bond acceptors (Lipinski definition) is 5. The molecule has 5 nitrogen and oxygen atoms in total. The summed E-state index contributed by atoms with van der Waals surface area (Å²) in [5, 5.41) is 0.867. The van der Waals surface area contributed by atoms with Gasteiger partial charge in [0.2, 0.25) is 6.10 Å². The molecule has 0 aliphatic rings. The number of hydrogen-bond donors (Lipinski definition) is 0. The average Bonchev–Trinajstić information content (AvgIpc) is 2.67. The fourth-order valence-electron chi connectivity index (χ4n) is 2.94. The van der Waals surface area contributed by atoms with Gasteiger partial charge in [-0.05, 0) is 31.0 Å². The van der Waals surface area contributed by atoms with Gasteiger partial charge in [0.1, 0.15) is 11.3 Å². The van der Waals surface area contributed by atoms with E-state index in [1.165, 1.54) is 13.2 Å². The summed E-state index contributed by atoms with van der Waals surface area (Å²) in [5.74, 6) is -0.0346. The van der Waals surface area contributed by atoms with Crippen molar-refractivity contribution in [2.24, 2.45) is 0 Å². The highest BCUT2D eigenvalue weighted by Crippen LogP contribution is 2.32. The molecule has 0 fully saturated rings. The number of carbonyl (C=O) groups excluding carboxylic acids is 1. The van der Waals surface area contributed by atoms with Crippen LogP contribution in [0.2, 0.25) is 0 Å². The van der Waals surface area contributed by atoms with Crippen LogP contribution in [0.15, 0.2) is 57.7 Å². The van der Waals surface area contributed by atoms with E-state index in [4.69, 9.17) is 13.9 Å². The van der Waals surface area contributed by atoms with E-state index in [1.54, 1.807) is 25.1 Å². The standard InChI is InChI=1S/C21H20O5/c1-4-14-12-18(22)26-19-13(2)17(11-10-16(14)19)25-20(21(23)24-3)15-8-6-5-7-9-15/h5-12,20H,4H2,1-3H3/t20-/m0/s1. The molecule has 5 heteroatoms. The zero-order valence-electron chi connectivity index (χ0n) is 14.9. The predicted molar refractivity (Wildman–Crippen MR) is 98.4 cm³/mol. The molecule has 0 unspecified atom stereocenters. The molecule has 3 rings (SSSR count). The van der Waals surface area contributed by atoms with Crippen LogP contribution < -0.4 is 10.4 Å². The molecule has 0 saturated heterocycles. The van der Waals surface area contributed by atoms with Gasteiger partial charge in [0.15, 0.2) is 0 Å². The maximum atomic E-state index is 12.2. The molecule has 0 spiro atoms. The topological polar surface area (TPSA) is 65.7 Å². The van der Waals surface area contributed by atoms with Crippen LogP contribution in [0, 0.1) is 6.92 Å². The number of ether oxygens (including phenoxy) is 2. The van der Waals surface area contributed by atoms with Crippen LogP contribution in [-0.2, 0) is 16.0 Å². The number of fused-ring (bicyclic) bond motifs is 1. The first-order valence-electron chi connectivity index (χ1n) is 8.41. The van der Waals surface area contributed by atoms with Crippen LogP contribution >= 0.6 is 0 Å². The summed E-state index contributed by atoms with van der Waals surface area (Å²) in [6.45, 7) is 3.79. The van der Waals surface area contributed by atoms with Crippen molar-refractivity contribution in [1.29, 1.82) is 0 Å². The van der Waals surface area contributed by atoms with E-state index in [0.29, 0.717) is 22.5 Å². The molecular weight excluding hydrogens is 332 g/mol. The minimum absolute atomic E-state index is 0.401. The molecule has 0 aliphatic heterocycles. The predicted octanol–water partition coefficient (Wildman–Crippen LogP) is 3.96. The van der Waals surface area contributed by atoms with Gasteiger partial charge in [0.05, 0.1) is 7.11 Å². The summed E-state index contributed by atoms with van der Waals surface area (Å²) in [5.41, 5.74) is 2.34. The number of methoxy groups -OCH3 is 1. The molecule has 0 amide bonds. The lowest BCUT2D eigenvalue weighted by atomic mass is 10.0. The van der Waals surface area contributed by atoms with Crippen molar-refractivity contribution in [2.45, 2.75) is 26.4 Å². The van der Waals surface area contributed by atoms with Crippen LogP contribution in [0.5, 0.6) is 5.75 Å². The highest BCUT2D eigenvalue weighted by molar-refractivity contribution is 5.85. The molecule has 3 aromatic rings. The number of rotatable bonds is 5. The van der Waals surface area contributed by atoms with Crippen molar-refractivity contribution >= 4 is 16.9 Å². The SMILES string of the molecule is CCc1cc(=O)oc2c(C)c(O[C@H](C(=O)OC)c3ccccc3)ccc12. The largest absolute Gasteiger partial charge is 0.474 e. The molecular formula is C21H20O5. The Labute approximate surface area is 151 Å². The Bertz CT molecular complexity index is 988. The second kappa shape index (κ2) is 7.44. The van der Waals surface area contributed by atoms with E-state index in [9.17, 15) is 9.59 Å². The smallest absolute Gasteiger partial charge is 0.351 e. The van der Waals surface area contributed by atoms with Gasteiger partial charge in [0, 0.05) is 22.6 Å². The number of esters is 1. The van der Waals surface area contributed by atoms with E-state index in [0.717, 1.165) is 17.4 Å². The van der Waals surface area contributed by atoms with Gasteiger partial charge >= 0.3 is 11.6 Å². The minimum Gasteiger partial charge on any atom is -0.474 e. The molecule has 26 heavy (non-hydrogen) atoms. The summed E-state index contributed by atoms with van der Waals surface area (Å²) in [7, 11) is 1.32. The number of aryl methyl sites for hydroxylation is 2. The third-order valence-electron chi connectivity index (χ3n) is 4.34. The molecule has 1 heterocycles. The Morgan fingerprint density at radius 1 is 1.15 bits per heavy atom. The molecule has 1 aromatic heterocycles. The molecule has 0 aliphatic carbocycles. The average molecular weight is 352 g/mol. The van der Waals surface area contributed by atoms with Crippen LogP contribution in [0.4, 0.5) is 0 Å². The zero-order valence-corrected chi connectivity index (χ0v) is 14.9. The Kier molecular flexibility index (Phi) is 5.07. The van der Waals surface area contributed by atoms with Crippen LogP contribution in [0.25, 0.3) is 11.0 Å². The number of benzene rings is 2. The van der Waals surface area contributed by atoms with Crippen molar-refractivity contribution in [1.82, 2.24) is 0 Å². The van der Waals surface area contributed by atoms with Crippen molar-refractivity contribution in [2.75, 3.05) is 7.11 Å². The normalized spacial score (nSPS) is 12.0. The third kappa shape index (κ3) is 3.33. The van der Waals surface area contributed by atoms with Crippen LogP contribution in [0.1, 0.15) is 29.7 Å². The van der Waals surface area contributed by atoms with Crippen molar-refractivity contribution in [3.05, 3.63) is 75.6 Å². The number of carbonyl (C=O) groups is 1. The molecule has 0 radical (unpaired) electrons. The first kappa shape index (κ1) is 17.7. The lowest BCUT2D eigenvalue weighted by Gasteiger charge is -2.19. The highest BCUT2D eigenvalue weighted by atomic mass is 16.6. The first-order chi connectivity index (χ1) is 12.5. The van der Waals surface area contributed by atoms with Gasteiger partial charge in [-0.3, -0.25) is 0 Å².